The maximum absolute atomic E-state index is 12.9. The Hall–Kier alpha value is -4.83. The second-order valence-corrected chi connectivity index (χ2v) is 24.8. The quantitative estimate of drug-likeness (QED) is 0.0195. The maximum atomic E-state index is 12.9. The third-order valence-corrected chi connectivity index (χ3v) is 15.1. The van der Waals surface area contributed by atoms with E-state index < -0.39 is 24.3 Å². The van der Waals surface area contributed by atoms with Gasteiger partial charge in [0.1, 0.15) is 13.2 Å². The number of carboxylic acids is 1. The van der Waals surface area contributed by atoms with Crippen LogP contribution in [-0.2, 0) is 33.3 Å². The van der Waals surface area contributed by atoms with Gasteiger partial charge < -0.3 is 33.3 Å². The van der Waals surface area contributed by atoms with Crippen LogP contribution in [0.3, 0.4) is 0 Å². The van der Waals surface area contributed by atoms with Gasteiger partial charge in [0.05, 0.1) is 40.3 Å². The van der Waals surface area contributed by atoms with Crippen molar-refractivity contribution in [3.8, 4) is 0 Å². The molecule has 89 heavy (non-hydrogen) atoms. The smallest absolute Gasteiger partial charge is 0.306 e. The highest BCUT2D eigenvalue weighted by atomic mass is 16.7. The van der Waals surface area contributed by atoms with E-state index in [1.807, 2.05) is 21.1 Å². The zero-order valence-electron chi connectivity index (χ0n) is 57.8. The van der Waals surface area contributed by atoms with Gasteiger partial charge in [-0.05, 0) is 116 Å². The Labute approximate surface area is 547 Å². The number of unbranched alkanes of at least 4 members (excludes halogenated alkanes) is 26. The first kappa shape index (κ1) is 84.2. The van der Waals surface area contributed by atoms with Gasteiger partial charge in [0.2, 0.25) is 0 Å². The normalized spacial score (nSPS) is 13.6. The number of quaternary nitrogens is 1. The molecule has 2 unspecified atom stereocenters. The summed E-state index contributed by atoms with van der Waals surface area (Å²) in [6.07, 6.45) is 98.1. The lowest BCUT2D eigenvalue weighted by Crippen LogP contribution is -2.44. The number of carboxylic acid groups (broad SMARTS) is 1. The Kier molecular flexibility index (Phi) is 65.3. The standard InChI is InChI=1S/C80H133NO8/c1-6-8-10-12-14-16-18-20-22-24-26-28-30-32-34-35-36-37-38-39-40-41-42-43-45-46-48-50-52-54-56-58-60-62-64-66-68-70-77(82)87-74-76(75-88-80(79(84)85)86-73-72-81(3,4)5)89-78(83)71-69-67-65-63-61-59-57-55-53-51-49-47-44-33-31-29-27-25-23-21-19-17-15-13-11-9-7-2/h8-11,14-17,20-23,26-29,33,44,49,51,55,57,61,63,76,80H,6-7,12-13,18-19,24-25,30-32,34-43,45-48,50,52-54,56,58-60,62,64-75H2,1-5H3/b10-8-,11-9-,16-14-,17-15-,22-20-,23-21-,28-26-,29-27-,44-33-,51-49-,57-55-,63-61-. The van der Waals surface area contributed by atoms with Crippen LogP contribution in [0, 0.1) is 0 Å². The molecule has 0 bridgehead atoms. The van der Waals surface area contributed by atoms with Gasteiger partial charge in [0.15, 0.2) is 12.4 Å². The van der Waals surface area contributed by atoms with Crippen LogP contribution in [0.1, 0.15) is 284 Å². The molecule has 0 saturated carbocycles. The number of likely N-dealkylation sites (N-methyl/N-ethyl adjacent to an activating group) is 1. The number of hydrogen-bond donors (Lipinski definition) is 0. The summed E-state index contributed by atoms with van der Waals surface area (Å²) < 4.78 is 22.7. The first-order valence-electron chi connectivity index (χ1n) is 36.0. The van der Waals surface area contributed by atoms with E-state index in [9.17, 15) is 19.5 Å². The SMILES string of the molecule is CC/C=C\C/C=C\C/C=C\C/C=C\C/C=C\C/C=C\C/C=C\C/C=C\CCCCC(=O)OC(COC(=O)CCCCCCCCCCCCCCCCCCCCCCCCCC/C=C\C/C=C\C/C=C\C/C=C\CC)COC(OCC[N+](C)(C)C)C(=O)[O-]. The number of esters is 2. The highest BCUT2D eigenvalue weighted by Gasteiger charge is 2.22. The summed E-state index contributed by atoms with van der Waals surface area (Å²) in [7, 11) is 5.91. The highest BCUT2D eigenvalue weighted by molar-refractivity contribution is 5.70. The number of carbonyl (C=O) groups is 3. The Morgan fingerprint density at radius 2 is 0.607 bits per heavy atom. The number of rotatable bonds is 65. The first-order chi connectivity index (χ1) is 43.6. The van der Waals surface area contributed by atoms with Crippen molar-refractivity contribution in [2.75, 3.05) is 47.5 Å². The van der Waals surface area contributed by atoms with Crippen molar-refractivity contribution >= 4 is 17.9 Å². The minimum absolute atomic E-state index is 0.133. The van der Waals surface area contributed by atoms with E-state index in [2.05, 4.69) is 160 Å². The molecule has 0 aromatic carbocycles. The summed E-state index contributed by atoms with van der Waals surface area (Å²) >= 11 is 0. The lowest BCUT2D eigenvalue weighted by molar-refractivity contribution is -0.870. The molecule has 0 rings (SSSR count). The van der Waals surface area contributed by atoms with Crippen LogP contribution in [0.15, 0.2) is 146 Å². The summed E-state index contributed by atoms with van der Waals surface area (Å²) in [5.74, 6) is -2.35. The van der Waals surface area contributed by atoms with Crippen molar-refractivity contribution in [1.29, 1.82) is 0 Å². The third kappa shape index (κ3) is 70.5. The summed E-state index contributed by atoms with van der Waals surface area (Å²) in [6.45, 7) is 4.48. The Morgan fingerprint density at radius 3 is 0.921 bits per heavy atom. The van der Waals surface area contributed by atoms with Gasteiger partial charge in [0, 0.05) is 12.8 Å². The minimum Gasteiger partial charge on any atom is -0.545 e. The molecule has 0 amide bonds. The van der Waals surface area contributed by atoms with Gasteiger partial charge in [-0.2, -0.15) is 0 Å². The molecule has 506 valence electrons. The second kappa shape index (κ2) is 69.1. The Balaban J connectivity index is 4.13. The van der Waals surface area contributed by atoms with Gasteiger partial charge in [-0.15, -0.1) is 0 Å². The molecule has 0 aliphatic rings. The van der Waals surface area contributed by atoms with Crippen LogP contribution in [-0.4, -0.2) is 82.3 Å². The molecule has 9 heteroatoms. The molecule has 0 aliphatic carbocycles. The topological polar surface area (TPSA) is 111 Å². The van der Waals surface area contributed by atoms with Crippen molar-refractivity contribution in [3.05, 3.63) is 146 Å². The van der Waals surface area contributed by atoms with E-state index >= 15 is 0 Å². The number of nitrogens with zero attached hydrogens (tertiary/aromatic N) is 1. The summed E-state index contributed by atoms with van der Waals surface area (Å²) in [4.78, 5) is 37.5. The average Bonchev–Trinajstić information content (AvgIpc) is 3.64. The van der Waals surface area contributed by atoms with E-state index in [0.29, 0.717) is 17.4 Å². The predicted octanol–water partition coefficient (Wildman–Crippen LogP) is 21.4. The summed E-state index contributed by atoms with van der Waals surface area (Å²) in [5, 5.41) is 11.8. The molecule has 0 saturated heterocycles. The minimum atomic E-state index is -1.64. The fraction of sp³-hybridized carbons (Fsp3) is 0.662. The largest absolute Gasteiger partial charge is 0.545 e. The van der Waals surface area contributed by atoms with Gasteiger partial charge in [0.25, 0.3) is 0 Å². The second-order valence-electron chi connectivity index (χ2n) is 24.8. The third-order valence-electron chi connectivity index (χ3n) is 15.1. The predicted molar refractivity (Wildman–Crippen MR) is 379 cm³/mol. The Bertz CT molecular complexity index is 1970. The molecular formula is C80H133NO8. The molecule has 0 radical (unpaired) electrons. The Morgan fingerprint density at radius 1 is 0.337 bits per heavy atom. The van der Waals surface area contributed by atoms with E-state index in [1.165, 1.54) is 141 Å². The van der Waals surface area contributed by atoms with Crippen molar-refractivity contribution in [1.82, 2.24) is 0 Å². The fourth-order valence-electron chi connectivity index (χ4n) is 9.66. The van der Waals surface area contributed by atoms with Crippen LogP contribution in [0.2, 0.25) is 0 Å². The van der Waals surface area contributed by atoms with Gasteiger partial charge in [-0.25, -0.2) is 0 Å². The van der Waals surface area contributed by atoms with Gasteiger partial charge >= 0.3 is 11.9 Å². The summed E-state index contributed by atoms with van der Waals surface area (Å²) in [6, 6.07) is 0. The first-order valence-corrected chi connectivity index (χ1v) is 36.0. The van der Waals surface area contributed by atoms with E-state index in [1.54, 1.807) is 0 Å². The van der Waals surface area contributed by atoms with Gasteiger partial charge in [-0.1, -0.05) is 301 Å². The van der Waals surface area contributed by atoms with E-state index in [0.717, 1.165) is 109 Å². The number of carbonyl (C=O) groups excluding carboxylic acids is 3. The average molecular weight is 1240 g/mol. The lowest BCUT2D eigenvalue weighted by atomic mass is 10.0. The molecule has 9 nitrogen and oxygen atoms in total. The van der Waals surface area contributed by atoms with Crippen molar-refractivity contribution < 1.29 is 42.9 Å². The van der Waals surface area contributed by atoms with Crippen LogP contribution >= 0.6 is 0 Å². The van der Waals surface area contributed by atoms with Crippen molar-refractivity contribution in [3.63, 3.8) is 0 Å². The number of hydrogen-bond acceptors (Lipinski definition) is 8. The lowest BCUT2D eigenvalue weighted by Gasteiger charge is -2.26. The fourth-order valence-corrected chi connectivity index (χ4v) is 9.66. The zero-order valence-corrected chi connectivity index (χ0v) is 57.8. The molecule has 0 aliphatic heterocycles. The number of allylic oxidation sites excluding steroid dienone is 24. The molecule has 0 aromatic rings. The van der Waals surface area contributed by atoms with Crippen molar-refractivity contribution in [2.45, 2.75) is 296 Å². The zero-order chi connectivity index (χ0) is 64.7. The molecule has 0 fully saturated rings. The van der Waals surface area contributed by atoms with Crippen LogP contribution in [0.25, 0.3) is 0 Å². The summed E-state index contributed by atoms with van der Waals surface area (Å²) in [5.41, 5.74) is 0. The highest BCUT2D eigenvalue weighted by Crippen LogP contribution is 2.17. The molecule has 0 aromatic heterocycles. The van der Waals surface area contributed by atoms with E-state index in [-0.39, 0.29) is 38.6 Å². The molecule has 2 atom stereocenters. The number of ether oxygens (including phenoxy) is 4. The van der Waals surface area contributed by atoms with Gasteiger partial charge in [-0.3, -0.25) is 9.59 Å². The van der Waals surface area contributed by atoms with Crippen LogP contribution in [0.5, 0.6) is 0 Å². The molecule has 0 spiro atoms. The monoisotopic (exact) mass is 1240 g/mol. The number of aliphatic carboxylic acids is 1. The van der Waals surface area contributed by atoms with Crippen LogP contribution in [0.4, 0.5) is 0 Å². The molecular weight excluding hydrogens is 1100 g/mol. The van der Waals surface area contributed by atoms with Crippen LogP contribution < -0.4 is 5.11 Å². The molecule has 0 heterocycles. The molecule has 0 N–H and O–H groups in total. The van der Waals surface area contributed by atoms with Crippen molar-refractivity contribution in [2.24, 2.45) is 0 Å². The van der Waals surface area contributed by atoms with E-state index in [4.69, 9.17) is 18.9 Å². The maximum Gasteiger partial charge on any atom is 0.306 e.